The maximum Gasteiger partial charge on any atom is 0.244 e. The highest BCUT2D eigenvalue weighted by atomic mass is 32.2. The van der Waals surface area contributed by atoms with Crippen LogP contribution in [0.4, 0.5) is 5.69 Å². The molecule has 1 aliphatic heterocycles. The van der Waals surface area contributed by atoms with Gasteiger partial charge in [0.2, 0.25) is 17.7 Å². The van der Waals surface area contributed by atoms with Crippen molar-refractivity contribution in [3.8, 4) is 5.75 Å². The van der Waals surface area contributed by atoms with Gasteiger partial charge in [-0.25, -0.2) is 0 Å². The Kier molecular flexibility index (Phi) is 6.87. The first-order valence-electron chi connectivity index (χ1n) is 8.53. The first kappa shape index (κ1) is 19.3. The summed E-state index contributed by atoms with van der Waals surface area (Å²) in [6.07, 6.45) is 1.29. The molecule has 2 atom stereocenters. The molecule has 7 heteroatoms. The molecule has 0 spiro atoms. The van der Waals surface area contributed by atoms with Gasteiger partial charge in [-0.3, -0.25) is 19.3 Å². The van der Waals surface area contributed by atoms with Gasteiger partial charge in [0.25, 0.3) is 0 Å². The van der Waals surface area contributed by atoms with E-state index in [1.54, 1.807) is 24.3 Å². The Labute approximate surface area is 152 Å². The maximum atomic E-state index is 12.4. The second kappa shape index (κ2) is 8.89. The second-order valence-electron chi connectivity index (χ2n) is 5.70. The fourth-order valence-electron chi connectivity index (χ4n) is 2.61. The van der Waals surface area contributed by atoms with Crippen molar-refractivity contribution in [2.24, 2.45) is 0 Å². The lowest BCUT2D eigenvalue weighted by Crippen LogP contribution is -2.53. The summed E-state index contributed by atoms with van der Waals surface area (Å²) in [5.74, 6) is -0.217. The normalized spacial score (nSPS) is 20.5. The molecule has 136 valence electrons. The third-order valence-electron chi connectivity index (χ3n) is 3.90. The molecule has 6 nitrogen and oxygen atoms in total. The lowest BCUT2D eigenvalue weighted by atomic mass is 10.2. The molecule has 1 aromatic rings. The van der Waals surface area contributed by atoms with Crippen LogP contribution in [0.1, 0.15) is 33.6 Å². The van der Waals surface area contributed by atoms with E-state index in [9.17, 15) is 14.4 Å². The Bertz CT molecular complexity index is 610. The van der Waals surface area contributed by atoms with Crippen molar-refractivity contribution in [2.75, 3.05) is 18.5 Å². The average molecular weight is 364 g/mol. The van der Waals surface area contributed by atoms with E-state index in [2.05, 4.69) is 5.32 Å². The molecule has 0 aromatic heterocycles. The number of carbonyl (C=O) groups is 3. The summed E-state index contributed by atoms with van der Waals surface area (Å²) in [5.41, 5.74) is 0.596. The van der Waals surface area contributed by atoms with Crippen LogP contribution in [0.25, 0.3) is 0 Å². The molecule has 3 amide bonds. The summed E-state index contributed by atoms with van der Waals surface area (Å²) in [5, 5.41) is 2.19. The second-order valence-corrected chi connectivity index (χ2v) is 7.11. The van der Waals surface area contributed by atoms with Crippen LogP contribution in [0, 0.1) is 0 Å². The monoisotopic (exact) mass is 364 g/mol. The van der Waals surface area contributed by atoms with Gasteiger partial charge >= 0.3 is 0 Å². The molecule has 1 saturated heterocycles. The summed E-state index contributed by atoms with van der Waals surface area (Å²) < 4.78 is 5.35. The number of hydrogen-bond acceptors (Lipinski definition) is 5. The van der Waals surface area contributed by atoms with Gasteiger partial charge in [-0.1, -0.05) is 13.8 Å². The number of hydrogen-bond donors (Lipinski definition) is 1. The van der Waals surface area contributed by atoms with Crippen molar-refractivity contribution in [1.29, 1.82) is 0 Å². The molecule has 2 rings (SSSR count). The van der Waals surface area contributed by atoms with E-state index in [4.69, 9.17) is 4.74 Å². The van der Waals surface area contributed by atoms with Gasteiger partial charge in [0.05, 0.1) is 17.1 Å². The summed E-state index contributed by atoms with van der Waals surface area (Å²) in [4.78, 5) is 38.2. The van der Waals surface area contributed by atoms with Crippen LogP contribution < -0.4 is 10.1 Å². The Morgan fingerprint density at radius 2 is 1.64 bits per heavy atom. The highest BCUT2D eigenvalue weighted by molar-refractivity contribution is 8.02. The molecular weight excluding hydrogens is 340 g/mol. The van der Waals surface area contributed by atoms with Crippen molar-refractivity contribution in [3.63, 3.8) is 0 Å². The van der Waals surface area contributed by atoms with E-state index in [0.29, 0.717) is 25.1 Å². The van der Waals surface area contributed by atoms with Crippen molar-refractivity contribution >= 4 is 35.2 Å². The van der Waals surface area contributed by atoms with Crippen LogP contribution in [0.15, 0.2) is 24.3 Å². The molecule has 25 heavy (non-hydrogen) atoms. The number of benzene rings is 1. The Morgan fingerprint density at radius 3 is 2.12 bits per heavy atom. The van der Waals surface area contributed by atoms with E-state index in [1.165, 1.54) is 11.8 Å². The Balaban J connectivity index is 2.02. The van der Waals surface area contributed by atoms with Gasteiger partial charge < -0.3 is 10.1 Å². The topological polar surface area (TPSA) is 75.7 Å². The number of amides is 3. The average Bonchev–Trinajstić information content (AvgIpc) is 2.61. The highest BCUT2D eigenvalue weighted by Gasteiger charge is 2.40. The number of nitrogens with zero attached hydrogens (tertiary/aromatic N) is 1. The molecule has 2 unspecified atom stereocenters. The molecule has 0 radical (unpaired) electrons. The Hall–Kier alpha value is -2.02. The quantitative estimate of drug-likeness (QED) is 0.753. The molecule has 1 N–H and O–H groups in total. The SMILES string of the molecule is CCOc1ccc(NC(=O)CN2C(=O)C(CC)SC(CC)C2=O)cc1. The summed E-state index contributed by atoms with van der Waals surface area (Å²) in [7, 11) is 0. The van der Waals surface area contributed by atoms with Crippen molar-refractivity contribution in [3.05, 3.63) is 24.3 Å². The number of thioether (sulfide) groups is 1. The standard InChI is InChI=1S/C18H24N2O4S/c1-4-14-17(22)20(18(23)15(5-2)25-14)11-16(21)19-12-7-9-13(10-8-12)24-6-3/h7-10,14-15H,4-6,11H2,1-3H3,(H,19,21). The van der Waals surface area contributed by atoms with Gasteiger partial charge in [0, 0.05) is 5.69 Å². The summed E-state index contributed by atoms with van der Waals surface area (Å²) in [6.45, 7) is 6.04. The van der Waals surface area contributed by atoms with Crippen LogP contribution in [-0.2, 0) is 14.4 Å². The zero-order chi connectivity index (χ0) is 18.4. The predicted octanol–water partition coefficient (Wildman–Crippen LogP) is 2.68. The molecule has 0 saturated carbocycles. The van der Waals surface area contributed by atoms with E-state index in [-0.39, 0.29) is 34.8 Å². The molecule has 1 aromatic carbocycles. The van der Waals surface area contributed by atoms with E-state index < -0.39 is 0 Å². The van der Waals surface area contributed by atoms with Crippen LogP contribution in [0.3, 0.4) is 0 Å². The first-order chi connectivity index (χ1) is 12.0. The predicted molar refractivity (Wildman–Crippen MR) is 98.7 cm³/mol. The molecular formula is C18H24N2O4S. The molecule has 1 fully saturated rings. The lowest BCUT2D eigenvalue weighted by Gasteiger charge is -2.34. The maximum absolute atomic E-state index is 12.4. The minimum absolute atomic E-state index is 0.252. The van der Waals surface area contributed by atoms with Crippen molar-refractivity contribution in [2.45, 2.75) is 44.1 Å². The van der Waals surface area contributed by atoms with Gasteiger partial charge in [-0.15, -0.1) is 11.8 Å². The first-order valence-corrected chi connectivity index (χ1v) is 9.47. The zero-order valence-electron chi connectivity index (χ0n) is 14.8. The largest absolute Gasteiger partial charge is 0.494 e. The molecule has 1 heterocycles. The van der Waals surface area contributed by atoms with E-state index in [0.717, 1.165) is 10.6 Å². The number of nitrogens with one attached hydrogen (secondary N) is 1. The van der Waals surface area contributed by atoms with Gasteiger partial charge in [-0.2, -0.15) is 0 Å². The molecule has 0 aliphatic carbocycles. The number of anilines is 1. The minimum atomic E-state index is -0.387. The number of imide groups is 1. The fourth-order valence-corrected chi connectivity index (χ4v) is 3.88. The molecule has 0 bridgehead atoms. The third kappa shape index (κ3) is 4.75. The number of carbonyl (C=O) groups excluding carboxylic acids is 3. The van der Waals surface area contributed by atoms with Gasteiger partial charge in [-0.05, 0) is 44.0 Å². The fraction of sp³-hybridized carbons (Fsp3) is 0.500. The number of ether oxygens (including phenoxy) is 1. The van der Waals surface area contributed by atoms with Crippen LogP contribution in [0.2, 0.25) is 0 Å². The zero-order valence-corrected chi connectivity index (χ0v) is 15.6. The smallest absolute Gasteiger partial charge is 0.244 e. The number of rotatable bonds is 7. The summed E-state index contributed by atoms with van der Waals surface area (Å²) >= 11 is 1.40. The highest BCUT2D eigenvalue weighted by Crippen LogP contribution is 2.31. The van der Waals surface area contributed by atoms with Crippen LogP contribution in [-0.4, -0.2) is 46.3 Å². The van der Waals surface area contributed by atoms with Crippen LogP contribution in [0.5, 0.6) is 5.75 Å². The Morgan fingerprint density at radius 1 is 1.08 bits per heavy atom. The van der Waals surface area contributed by atoms with Crippen molar-refractivity contribution in [1.82, 2.24) is 4.90 Å². The molecule has 1 aliphatic rings. The van der Waals surface area contributed by atoms with Gasteiger partial charge in [0.15, 0.2) is 0 Å². The third-order valence-corrected chi connectivity index (χ3v) is 5.63. The van der Waals surface area contributed by atoms with Crippen molar-refractivity contribution < 1.29 is 19.1 Å². The van der Waals surface area contributed by atoms with E-state index in [1.807, 2.05) is 20.8 Å². The van der Waals surface area contributed by atoms with E-state index >= 15 is 0 Å². The summed E-state index contributed by atoms with van der Waals surface area (Å²) in [6, 6.07) is 6.96. The van der Waals surface area contributed by atoms with Gasteiger partial charge in [0.1, 0.15) is 12.3 Å². The lowest BCUT2D eigenvalue weighted by molar-refractivity contribution is -0.147. The minimum Gasteiger partial charge on any atom is -0.494 e. The van der Waals surface area contributed by atoms with Crippen LogP contribution >= 0.6 is 11.8 Å².